The van der Waals surface area contributed by atoms with E-state index >= 15 is 0 Å². The fourth-order valence-electron chi connectivity index (χ4n) is 2.88. The molecule has 0 fully saturated rings. The molecule has 0 saturated heterocycles. The van der Waals surface area contributed by atoms with Gasteiger partial charge in [0.2, 0.25) is 0 Å². The number of amides is 1. The van der Waals surface area contributed by atoms with Crippen LogP contribution < -0.4 is 5.43 Å². The number of para-hydroxylation sites is 2. The second-order valence-corrected chi connectivity index (χ2v) is 7.27. The zero-order chi connectivity index (χ0) is 19.9. The van der Waals surface area contributed by atoms with Gasteiger partial charge in [-0.2, -0.15) is 5.10 Å². The number of aromatic nitrogens is 3. The Balaban J connectivity index is 1.45. The van der Waals surface area contributed by atoms with Crippen molar-refractivity contribution in [1.82, 2.24) is 20.0 Å². The highest BCUT2D eigenvalue weighted by Gasteiger charge is 2.13. The molecule has 0 atom stereocenters. The lowest BCUT2D eigenvalue weighted by Crippen LogP contribution is -2.20. The van der Waals surface area contributed by atoms with Crippen LogP contribution in [0.4, 0.5) is 0 Å². The zero-order valence-electron chi connectivity index (χ0n) is 15.6. The zero-order valence-corrected chi connectivity index (χ0v) is 16.4. The Hall–Kier alpha value is -3.45. The molecule has 2 aromatic heterocycles. The average Bonchev–Trinajstić information content (AvgIpc) is 3.11. The van der Waals surface area contributed by atoms with Crippen LogP contribution in [0.1, 0.15) is 11.1 Å². The molecular formula is C22H19N5OS. The molecule has 1 N–H and O–H groups in total. The Morgan fingerprint density at radius 1 is 1.07 bits per heavy atom. The molecule has 2 aromatic carbocycles. The smallest absolute Gasteiger partial charge is 0.250 e. The van der Waals surface area contributed by atoms with Gasteiger partial charge in [-0.05, 0) is 23.8 Å². The summed E-state index contributed by atoms with van der Waals surface area (Å²) in [4.78, 5) is 20.9. The number of rotatable bonds is 7. The minimum atomic E-state index is -0.187. The largest absolute Gasteiger partial charge is 0.314 e. The topological polar surface area (TPSA) is 72.2 Å². The van der Waals surface area contributed by atoms with Crippen molar-refractivity contribution in [3.63, 3.8) is 0 Å². The van der Waals surface area contributed by atoms with E-state index < -0.39 is 0 Å². The van der Waals surface area contributed by atoms with E-state index in [1.807, 2.05) is 54.6 Å². The Bertz CT molecular complexity index is 1130. The highest BCUT2D eigenvalue weighted by molar-refractivity contribution is 7.99. The predicted molar refractivity (Wildman–Crippen MR) is 116 cm³/mol. The summed E-state index contributed by atoms with van der Waals surface area (Å²) in [5.74, 6) is 0.0381. The first-order valence-corrected chi connectivity index (χ1v) is 10.1. The monoisotopic (exact) mass is 401 g/mol. The Labute approximate surface area is 172 Å². The van der Waals surface area contributed by atoms with E-state index in [0.29, 0.717) is 6.54 Å². The summed E-state index contributed by atoms with van der Waals surface area (Å²) in [6.45, 7) is 0.699. The van der Waals surface area contributed by atoms with Gasteiger partial charge in [-0.25, -0.2) is 10.4 Å². The van der Waals surface area contributed by atoms with Crippen LogP contribution in [0.3, 0.4) is 0 Å². The first-order valence-electron chi connectivity index (χ1n) is 9.13. The summed E-state index contributed by atoms with van der Waals surface area (Å²) in [6, 6.07) is 21.9. The molecule has 2 heterocycles. The molecule has 7 heteroatoms. The normalized spacial score (nSPS) is 11.2. The molecule has 29 heavy (non-hydrogen) atoms. The van der Waals surface area contributed by atoms with Crippen molar-refractivity contribution in [2.75, 3.05) is 5.75 Å². The second kappa shape index (κ2) is 9.16. The molecule has 6 nitrogen and oxygen atoms in total. The molecule has 0 aliphatic carbocycles. The van der Waals surface area contributed by atoms with Crippen LogP contribution in [0.5, 0.6) is 0 Å². The van der Waals surface area contributed by atoms with Crippen molar-refractivity contribution in [3.05, 3.63) is 90.3 Å². The van der Waals surface area contributed by atoms with Crippen LogP contribution in [0, 0.1) is 0 Å². The molecule has 1 amide bonds. The Morgan fingerprint density at radius 3 is 2.72 bits per heavy atom. The van der Waals surface area contributed by atoms with E-state index in [4.69, 9.17) is 4.98 Å². The van der Waals surface area contributed by atoms with Crippen LogP contribution >= 0.6 is 11.8 Å². The van der Waals surface area contributed by atoms with Crippen LogP contribution in [-0.4, -0.2) is 32.4 Å². The number of fused-ring (bicyclic) bond motifs is 1. The van der Waals surface area contributed by atoms with Gasteiger partial charge in [0.15, 0.2) is 5.16 Å². The number of nitrogens with one attached hydrogen (secondary N) is 1. The summed E-state index contributed by atoms with van der Waals surface area (Å²) in [7, 11) is 0. The SMILES string of the molecule is O=C(CSc1nc2ccccc2n1Cc1ccccc1)NN=Cc1cccnc1. The van der Waals surface area contributed by atoms with Gasteiger partial charge in [0, 0.05) is 18.0 Å². The lowest BCUT2D eigenvalue weighted by molar-refractivity contribution is -0.118. The van der Waals surface area contributed by atoms with Gasteiger partial charge in [-0.1, -0.05) is 60.3 Å². The minimum Gasteiger partial charge on any atom is -0.314 e. The molecule has 144 valence electrons. The number of carbonyl (C=O) groups is 1. The van der Waals surface area contributed by atoms with Crippen LogP contribution in [0.25, 0.3) is 11.0 Å². The van der Waals surface area contributed by atoms with Gasteiger partial charge in [-0.15, -0.1) is 0 Å². The summed E-state index contributed by atoms with van der Waals surface area (Å²) in [6.07, 6.45) is 4.94. The molecule has 0 bridgehead atoms. The number of hydrazone groups is 1. The van der Waals surface area contributed by atoms with E-state index in [0.717, 1.165) is 21.8 Å². The number of hydrogen-bond acceptors (Lipinski definition) is 5. The van der Waals surface area contributed by atoms with Crippen molar-refractivity contribution < 1.29 is 4.79 Å². The van der Waals surface area contributed by atoms with E-state index in [1.165, 1.54) is 17.3 Å². The highest BCUT2D eigenvalue weighted by Crippen LogP contribution is 2.25. The second-order valence-electron chi connectivity index (χ2n) is 6.32. The number of nitrogens with zero attached hydrogens (tertiary/aromatic N) is 4. The van der Waals surface area contributed by atoms with Crippen molar-refractivity contribution >= 4 is 34.9 Å². The van der Waals surface area contributed by atoms with E-state index in [2.05, 4.69) is 32.2 Å². The maximum absolute atomic E-state index is 12.2. The maximum Gasteiger partial charge on any atom is 0.250 e. The Morgan fingerprint density at radius 2 is 1.90 bits per heavy atom. The fourth-order valence-corrected chi connectivity index (χ4v) is 3.68. The summed E-state index contributed by atoms with van der Waals surface area (Å²) in [5.41, 5.74) is 6.52. The Kier molecular flexibility index (Phi) is 5.97. The van der Waals surface area contributed by atoms with Crippen LogP contribution in [0.2, 0.25) is 0 Å². The molecule has 0 aliphatic rings. The summed E-state index contributed by atoms with van der Waals surface area (Å²) < 4.78 is 2.14. The van der Waals surface area contributed by atoms with E-state index in [-0.39, 0.29) is 11.7 Å². The molecule has 0 aliphatic heterocycles. The van der Waals surface area contributed by atoms with Crippen LogP contribution in [-0.2, 0) is 11.3 Å². The number of hydrogen-bond donors (Lipinski definition) is 1. The third-order valence-electron chi connectivity index (χ3n) is 4.22. The fraction of sp³-hybridized carbons (Fsp3) is 0.0909. The third kappa shape index (κ3) is 4.89. The number of pyridine rings is 1. The summed E-state index contributed by atoms with van der Waals surface area (Å²) >= 11 is 1.40. The lowest BCUT2D eigenvalue weighted by atomic mass is 10.2. The quantitative estimate of drug-likeness (QED) is 0.291. The van der Waals surface area contributed by atoms with Gasteiger partial charge in [0.1, 0.15) is 0 Å². The third-order valence-corrected chi connectivity index (χ3v) is 5.20. The maximum atomic E-state index is 12.2. The van der Waals surface area contributed by atoms with Crippen molar-refractivity contribution in [2.24, 2.45) is 5.10 Å². The minimum absolute atomic E-state index is 0.187. The van der Waals surface area contributed by atoms with Crippen molar-refractivity contribution in [3.8, 4) is 0 Å². The van der Waals surface area contributed by atoms with Gasteiger partial charge >= 0.3 is 0 Å². The van der Waals surface area contributed by atoms with Crippen molar-refractivity contribution in [2.45, 2.75) is 11.7 Å². The summed E-state index contributed by atoms with van der Waals surface area (Å²) in [5, 5.41) is 4.79. The first-order chi connectivity index (χ1) is 14.3. The number of carbonyl (C=O) groups excluding carboxylic acids is 1. The molecular weight excluding hydrogens is 382 g/mol. The molecule has 4 rings (SSSR count). The van der Waals surface area contributed by atoms with E-state index in [1.54, 1.807) is 18.6 Å². The average molecular weight is 401 g/mol. The predicted octanol–water partition coefficient (Wildman–Crippen LogP) is 3.72. The van der Waals surface area contributed by atoms with Crippen LogP contribution in [0.15, 0.2) is 89.4 Å². The molecule has 4 aromatic rings. The molecule has 0 unspecified atom stereocenters. The van der Waals surface area contributed by atoms with E-state index in [9.17, 15) is 4.79 Å². The standard InChI is InChI=1S/C22H19N5OS/c28-21(26-24-14-18-9-6-12-23-13-18)16-29-22-25-19-10-4-5-11-20(19)27(22)15-17-7-2-1-3-8-17/h1-14H,15-16H2,(H,26,28). The molecule has 0 saturated carbocycles. The lowest BCUT2D eigenvalue weighted by Gasteiger charge is -2.09. The highest BCUT2D eigenvalue weighted by atomic mass is 32.2. The van der Waals surface area contributed by atoms with Crippen molar-refractivity contribution in [1.29, 1.82) is 0 Å². The number of benzene rings is 2. The number of imidazole rings is 1. The molecule has 0 spiro atoms. The van der Waals surface area contributed by atoms with Gasteiger partial charge < -0.3 is 4.57 Å². The van der Waals surface area contributed by atoms with Gasteiger partial charge in [0.05, 0.1) is 29.5 Å². The number of thioether (sulfide) groups is 1. The first kappa shape index (κ1) is 18.9. The van der Waals surface area contributed by atoms with Gasteiger partial charge in [0.25, 0.3) is 5.91 Å². The van der Waals surface area contributed by atoms with Gasteiger partial charge in [-0.3, -0.25) is 9.78 Å². The molecule has 0 radical (unpaired) electrons.